The van der Waals surface area contributed by atoms with Crippen LogP contribution in [-0.2, 0) is 10.1 Å². The highest BCUT2D eigenvalue weighted by Crippen LogP contribution is 2.35. The van der Waals surface area contributed by atoms with Gasteiger partial charge in [-0.3, -0.25) is 0 Å². The molecule has 2 unspecified atom stereocenters. The van der Waals surface area contributed by atoms with Crippen LogP contribution in [0.2, 0.25) is 0 Å². The molecule has 17 heavy (non-hydrogen) atoms. The second kappa shape index (κ2) is 4.75. The molecule has 0 fully saturated rings. The largest absolute Gasteiger partial charge is 0.626 e. The molecule has 1 aliphatic heterocycles. The minimum absolute atomic E-state index is 0.0129. The first-order valence-corrected chi connectivity index (χ1v) is 7.58. The van der Waals surface area contributed by atoms with Crippen molar-refractivity contribution in [2.45, 2.75) is 36.5 Å². The Labute approximate surface area is 105 Å². The zero-order chi connectivity index (χ0) is 12.5. The van der Waals surface area contributed by atoms with Crippen molar-refractivity contribution in [3.63, 3.8) is 0 Å². The molecule has 2 rings (SSSR count). The van der Waals surface area contributed by atoms with E-state index >= 15 is 0 Å². The molecule has 0 spiro atoms. The van der Waals surface area contributed by atoms with E-state index in [2.05, 4.69) is 17.9 Å². The van der Waals surface area contributed by atoms with Gasteiger partial charge in [0.2, 0.25) is 0 Å². The van der Waals surface area contributed by atoms with Crippen molar-refractivity contribution in [3.8, 4) is 0 Å². The fraction of sp³-hybridized carbons (Fsp3) is 0.429. The van der Waals surface area contributed by atoms with Gasteiger partial charge in [0, 0.05) is 0 Å². The van der Waals surface area contributed by atoms with Gasteiger partial charge in [0.05, 0.1) is 0 Å². The van der Waals surface area contributed by atoms with E-state index in [-0.39, 0.29) is 11.3 Å². The quantitative estimate of drug-likeness (QED) is 0.583. The summed E-state index contributed by atoms with van der Waals surface area (Å²) < 4.78 is 17.6. The zero-order valence-electron chi connectivity index (χ0n) is 10.4. The van der Waals surface area contributed by atoms with Crippen molar-refractivity contribution < 1.29 is 4.55 Å². The zero-order valence-corrected chi connectivity index (χ0v) is 11.2. The van der Waals surface area contributed by atoms with Crippen LogP contribution >= 0.6 is 0 Å². The Morgan fingerprint density at radius 2 is 2.00 bits per heavy atom. The van der Waals surface area contributed by atoms with Crippen LogP contribution in [0, 0.1) is 5.92 Å². The van der Waals surface area contributed by atoms with E-state index in [0.717, 1.165) is 11.3 Å². The lowest BCUT2D eigenvalue weighted by Gasteiger charge is -2.36. The SMILES string of the molecule is C=C[C@@H]1N=[S+]([O-])(c2ccccc2)[C@H](C)CC1C. The lowest BCUT2D eigenvalue weighted by atomic mass is 9.97. The number of rotatable bonds is 2. The normalized spacial score (nSPS) is 37.2. The van der Waals surface area contributed by atoms with Gasteiger partial charge in [0.15, 0.2) is 0 Å². The molecule has 0 aromatic heterocycles. The van der Waals surface area contributed by atoms with Gasteiger partial charge in [-0.15, -0.1) is 10.9 Å². The monoisotopic (exact) mass is 249 g/mol. The summed E-state index contributed by atoms with van der Waals surface area (Å²) in [6.45, 7) is 7.99. The molecule has 1 aliphatic rings. The highest BCUT2D eigenvalue weighted by atomic mass is 32.3. The molecule has 0 bridgehead atoms. The smallest absolute Gasteiger partial charge is 0.136 e. The Bertz CT molecular complexity index is 455. The van der Waals surface area contributed by atoms with Gasteiger partial charge in [0.25, 0.3) is 0 Å². The highest BCUT2D eigenvalue weighted by molar-refractivity contribution is 8.00. The first kappa shape index (κ1) is 12.5. The van der Waals surface area contributed by atoms with E-state index < -0.39 is 10.1 Å². The predicted molar refractivity (Wildman–Crippen MR) is 72.5 cm³/mol. The summed E-state index contributed by atoms with van der Waals surface area (Å²) in [6.07, 6.45) is 2.76. The molecular weight excluding hydrogens is 230 g/mol. The number of hydrogen-bond donors (Lipinski definition) is 0. The van der Waals surface area contributed by atoms with Gasteiger partial charge in [-0.2, -0.15) is 0 Å². The molecule has 92 valence electrons. The molecule has 0 aliphatic carbocycles. The van der Waals surface area contributed by atoms with Crippen LogP contribution in [0.25, 0.3) is 0 Å². The van der Waals surface area contributed by atoms with Crippen LogP contribution in [0.5, 0.6) is 0 Å². The number of benzene rings is 1. The topological polar surface area (TPSA) is 35.4 Å². The third kappa shape index (κ3) is 2.22. The van der Waals surface area contributed by atoms with E-state index in [0.29, 0.717) is 5.92 Å². The summed E-state index contributed by atoms with van der Waals surface area (Å²) in [5.74, 6) is 0.431. The van der Waals surface area contributed by atoms with Crippen LogP contribution in [0.15, 0.2) is 52.2 Å². The first-order chi connectivity index (χ1) is 8.08. The molecule has 2 nitrogen and oxygen atoms in total. The van der Waals surface area contributed by atoms with Crippen LogP contribution < -0.4 is 0 Å². The van der Waals surface area contributed by atoms with Crippen LogP contribution in [-0.4, -0.2) is 15.8 Å². The average molecular weight is 249 g/mol. The second-order valence-electron chi connectivity index (χ2n) is 4.74. The number of hydrogen-bond acceptors (Lipinski definition) is 2. The van der Waals surface area contributed by atoms with Gasteiger partial charge >= 0.3 is 0 Å². The summed E-state index contributed by atoms with van der Waals surface area (Å²) in [4.78, 5) is 0.853. The van der Waals surface area contributed by atoms with E-state index in [1.54, 1.807) is 0 Å². The van der Waals surface area contributed by atoms with E-state index in [1.807, 2.05) is 43.3 Å². The summed E-state index contributed by atoms with van der Waals surface area (Å²) in [5.41, 5.74) is 0. The summed E-state index contributed by atoms with van der Waals surface area (Å²) in [6, 6.07) is 9.62. The van der Waals surface area contributed by atoms with Crippen molar-refractivity contribution in [1.82, 2.24) is 0 Å². The fourth-order valence-corrected chi connectivity index (χ4v) is 4.93. The van der Waals surface area contributed by atoms with Crippen molar-refractivity contribution >= 4 is 10.1 Å². The molecule has 1 aromatic carbocycles. The second-order valence-corrected chi connectivity index (χ2v) is 7.36. The molecule has 0 radical (unpaired) electrons. The Morgan fingerprint density at radius 3 is 2.59 bits per heavy atom. The molecule has 3 heteroatoms. The van der Waals surface area contributed by atoms with Crippen molar-refractivity contribution in [1.29, 1.82) is 0 Å². The molecular formula is C14H19NOS. The summed E-state index contributed by atoms with van der Waals surface area (Å²) in [5, 5.41) is 0.107. The minimum Gasteiger partial charge on any atom is -0.626 e. The van der Waals surface area contributed by atoms with Crippen molar-refractivity contribution in [3.05, 3.63) is 43.0 Å². The lowest BCUT2D eigenvalue weighted by Crippen LogP contribution is -2.36. The van der Waals surface area contributed by atoms with Crippen molar-refractivity contribution in [2.24, 2.45) is 10.3 Å². The maximum atomic E-state index is 13.0. The Morgan fingerprint density at radius 1 is 1.35 bits per heavy atom. The molecule has 0 amide bonds. The van der Waals surface area contributed by atoms with Gasteiger partial charge in [-0.25, -0.2) is 0 Å². The third-order valence-corrected chi connectivity index (χ3v) is 6.22. The van der Waals surface area contributed by atoms with Gasteiger partial charge in [0.1, 0.15) is 16.2 Å². The van der Waals surface area contributed by atoms with E-state index in [4.69, 9.17) is 0 Å². The molecule has 1 heterocycles. The fourth-order valence-electron chi connectivity index (χ4n) is 2.37. The molecule has 0 saturated heterocycles. The maximum absolute atomic E-state index is 13.0. The van der Waals surface area contributed by atoms with Crippen LogP contribution in [0.4, 0.5) is 0 Å². The molecule has 4 atom stereocenters. The highest BCUT2D eigenvalue weighted by Gasteiger charge is 2.35. The van der Waals surface area contributed by atoms with Crippen molar-refractivity contribution in [2.75, 3.05) is 0 Å². The molecule has 1 aromatic rings. The molecule has 0 N–H and O–H groups in total. The third-order valence-electron chi connectivity index (χ3n) is 3.43. The minimum atomic E-state index is -2.29. The summed E-state index contributed by atoms with van der Waals surface area (Å²) >= 11 is 0. The first-order valence-electron chi connectivity index (χ1n) is 6.00. The predicted octanol–water partition coefficient (Wildman–Crippen LogP) is 3.50. The van der Waals surface area contributed by atoms with Gasteiger partial charge in [-0.1, -0.05) is 31.2 Å². The maximum Gasteiger partial charge on any atom is 0.136 e. The van der Waals surface area contributed by atoms with Crippen LogP contribution in [0.3, 0.4) is 0 Å². The Hall–Kier alpha value is -0.930. The summed E-state index contributed by atoms with van der Waals surface area (Å²) in [7, 11) is -2.29. The standard InChI is InChI=1S/C14H19NOS/c1-4-14-11(2)10-12(3)17(16,15-14)13-8-6-5-7-9-13/h4-9,11-12,14H,1,10H2,2-3H3/t11?,12-,14+,17?/m1/s1. The van der Waals surface area contributed by atoms with Gasteiger partial charge in [-0.05, 0) is 41.5 Å². The Kier molecular flexibility index (Phi) is 3.50. The lowest BCUT2D eigenvalue weighted by molar-refractivity contribution is 0.438. The Balaban J connectivity index is 2.51. The van der Waals surface area contributed by atoms with E-state index in [9.17, 15) is 4.55 Å². The molecule has 0 saturated carbocycles. The average Bonchev–Trinajstić information content (AvgIpc) is 2.35. The van der Waals surface area contributed by atoms with E-state index in [1.165, 1.54) is 0 Å². The van der Waals surface area contributed by atoms with Gasteiger partial charge < -0.3 is 4.55 Å². The number of nitrogens with zero attached hydrogens (tertiary/aromatic N) is 1. The van der Waals surface area contributed by atoms with Crippen LogP contribution in [0.1, 0.15) is 20.3 Å².